The summed E-state index contributed by atoms with van der Waals surface area (Å²) in [7, 11) is 1.98. The van der Waals surface area contributed by atoms with Gasteiger partial charge >= 0.3 is 0 Å². The summed E-state index contributed by atoms with van der Waals surface area (Å²) < 4.78 is 0. The lowest BCUT2D eigenvalue weighted by atomic mass is 9.73. The lowest BCUT2D eigenvalue weighted by Gasteiger charge is -1.98. The molecule has 1 rings (SSSR count). The molecule has 0 spiro atoms. The molecule has 0 aliphatic carbocycles. The zero-order chi connectivity index (χ0) is 8.97. The van der Waals surface area contributed by atoms with E-state index in [9.17, 15) is 4.79 Å². The predicted octanol–water partition coefficient (Wildman–Crippen LogP) is 1.49. The quantitative estimate of drug-likeness (QED) is 0.390. The van der Waals surface area contributed by atoms with E-state index in [-0.39, 0.29) is 11.7 Å². The van der Waals surface area contributed by atoms with Crippen LogP contribution in [0.2, 0.25) is 6.82 Å². The summed E-state index contributed by atoms with van der Waals surface area (Å²) in [5, 5.41) is 0. The minimum absolute atomic E-state index is 0.0284. The highest BCUT2D eigenvalue weighted by Gasteiger charge is 2.02. The molecule has 1 nitrogen and oxygen atoms in total. The molecule has 0 heterocycles. The first kappa shape index (κ1) is 9.33. The molecule has 61 valence electrons. The molecule has 1 aromatic rings. The molecule has 1 aromatic carbocycles. The highest BCUT2D eigenvalue weighted by molar-refractivity contribution is 6.51. The Bertz CT molecular complexity index is 268. The van der Waals surface area contributed by atoms with E-state index in [4.69, 9.17) is 11.6 Å². The van der Waals surface area contributed by atoms with Crippen LogP contribution in [-0.2, 0) is 0 Å². The van der Waals surface area contributed by atoms with E-state index >= 15 is 0 Å². The van der Waals surface area contributed by atoms with Crippen molar-refractivity contribution in [3.63, 3.8) is 0 Å². The number of ketones is 1. The number of alkyl halides is 1. The molecular formula is C9H9BClO. The second-order valence-electron chi connectivity index (χ2n) is 2.47. The molecule has 0 aliphatic heterocycles. The van der Waals surface area contributed by atoms with E-state index in [0.717, 1.165) is 5.46 Å². The topological polar surface area (TPSA) is 17.1 Å². The Hall–Kier alpha value is -0.755. The van der Waals surface area contributed by atoms with Crippen LogP contribution < -0.4 is 5.46 Å². The summed E-state index contributed by atoms with van der Waals surface area (Å²) in [5.74, 6) is 0.0224. The normalized spacial score (nSPS) is 9.50. The van der Waals surface area contributed by atoms with Crippen molar-refractivity contribution in [2.45, 2.75) is 6.82 Å². The highest BCUT2D eigenvalue weighted by Crippen LogP contribution is 1.99. The van der Waals surface area contributed by atoms with Crippen LogP contribution in [0.15, 0.2) is 24.3 Å². The van der Waals surface area contributed by atoms with Crippen molar-refractivity contribution in [3.05, 3.63) is 29.8 Å². The van der Waals surface area contributed by atoms with Gasteiger partial charge in [0.05, 0.1) is 5.88 Å². The molecule has 1 radical (unpaired) electrons. The van der Waals surface area contributed by atoms with Crippen molar-refractivity contribution in [3.8, 4) is 0 Å². The van der Waals surface area contributed by atoms with Gasteiger partial charge in [0, 0.05) is 5.56 Å². The molecule has 0 fully saturated rings. The van der Waals surface area contributed by atoms with Gasteiger partial charge in [-0.2, -0.15) is 0 Å². The average Bonchev–Trinajstić information content (AvgIpc) is 2.17. The third-order valence-corrected chi connectivity index (χ3v) is 1.93. The average molecular weight is 179 g/mol. The van der Waals surface area contributed by atoms with Crippen LogP contribution in [0.4, 0.5) is 0 Å². The van der Waals surface area contributed by atoms with Gasteiger partial charge in [-0.25, -0.2) is 0 Å². The second kappa shape index (κ2) is 4.32. The fourth-order valence-corrected chi connectivity index (χ4v) is 1.09. The zero-order valence-electron chi connectivity index (χ0n) is 6.88. The van der Waals surface area contributed by atoms with Crippen LogP contribution in [0.25, 0.3) is 0 Å². The molecule has 3 heteroatoms. The number of rotatable bonds is 3. The predicted molar refractivity (Wildman–Crippen MR) is 52.7 cm³/mol. The molecule has 0 N–H and O–H groups in total. The maximum atomic E-state index is 11.1. The second-order valence-corrected chi connectivity index (χ2v) is 2.73. The van der Waals surface area contributed by atoms with Crippen LogP contribution in [0, 0.1) is 0 Å². The van der Waals surface area contributed by atoms with Crippen molar-refractivity contribution in [2.24, 2.45) is 0 Å². The van der Waals surface area contributed by atoms with Gasteiger partial charge in [-0.15, -0.1) is 11.6 Å². The summed E-state index contributed by atoms with van der Waals surface area (Å²) in [6.45, 7) is 1.96. The van der Waals surface area contributed by atoms with Crippen LogP contribution >= 0.6 is 11.6 Å². The molecule has 0 atom stereocenters. The van der Waals surface area contributed by atoms with Crippen LogP contribution in [0.5, 0.6) is 0 Å². The third kappa shape index (κ3) is 2.11. The smallest absolute Gasteiger partial charge is 0.177 e. The third-order valence-electron chi connectivity index (χ3n) is 1.69. The van der Waals surface area contributed by atoms with Crippen molar-refractivity contribution in [1.29, 1.82) is 0 Å². The number of halogens is 1. The number of Topliss-reactive ketones (excluding diaryl/α,β-unsaturated/α-hetero) is 1. The lowest BCUT2D eigenvalue weighted by molar-refractivity contribution is 0.102. The molecule has 0 amide bonds. The number of carbonyl (C=O) groups is 1. The molecule has 0 bridgehead atoms. The Morgan fingerprint density at radius 1 is 1.42 bits per heavy atom. The van der Waals surface area contributed by atoms with Gasteiger partial charge in [-0.05, 0) is 0 Å². The molecule has 12 heavy (non-hydrogen) atoms. The minimum atomic E-state index is -0.0284. The van der Waals surface area contributed by atoms with Crippen molar-refractivity contribution in [2.75, 3.05) is 5.88 Å². The van der Waals surface area contributed by atoms with Gasteiger partial charge < -0.3 is 0 Å². The van der Waals surface area contributed by atoms with E-state index in [1.165, 1.54) is 0 Å². The summed E-state index contributed by atoms with van der Waals surface area (Å²) in [5.41, 5.74) is 1.79. The number of hydrogen-bond acceptors (Lipinski definition) is 1. The maximum absolute atomic E-state index is 11.1. The summed E-state index contributed by atoms with van der Waals surface area (Å²) in [6, 6.07) is 7.39. The standard InChI is InChI=1S/C9H9BClO/c1-10-8-4-2-7(3-5-8)9(12)6-11/h2-5H,6H2,1H3. The summed E-state index contributed by atoms with van der Waals surface area (Å²) in [6.07, 6.45) is 0. The highest BCUT2D eigenvalue weighted by atomic mass is 35.5. The Kier molecular flexibility index (Phi) is 3.36. The molecule has 0 unspecified atom stereocenters. The van der Waals surface area contributed by atoms with E-state index in [1.54, 1.807) is 12.1 Å². The van der Waals surface area contributed by atoms with Gasteiger partial charge in [0.15, 0.2) is 5.78 Å². The van der Waals surface area contributed by atoms with E-state index in [1.807, 2.05) is 26.2 Å². The van der Waals surface area contributed by atoms with E-state index in [0.29, 0.717) is 5.56 Å². The first-order chi connectivity index (χ1) is 5.77. The van der Waals surface area contributed by atoms with Crippen molar-refractivity contribution in [1.82, 2.24) is 0 Å². The van der Waals surface area contributed by atoms with Crippen LogP contribution in [0.1, 0.15) is 10.4 Å². The first-order valence-corrected chi connectivity index (χ1v) is 4.30. The lowest BCUT2D eigenvalue weighted by Crippen LogP contribution is -2.11. The molecular weight excluding hydrogens is 170 g/mol. The van der Waals surface area contributed by atoms with Gasteiger partial charge in [-0.1, -0.05) is 36.6 Å². The Labute approximate surface area is 78.0 Å². The monoisotopic (exact) mass is 179 g/mol. The maximum Gasteiger partial charge on any atom is 0.177 e. The van der Waals surface area contributed by atoms with E-state index in [2.05, 4.69) is 0 Å². The summed E-state index contributed by atoms with van der Waals surface area (Å²) >= 11 is 5.40. The Morgan fingerprint density at radius 3 is 2.42 bits per heavy atom. The number of benzene rings is 1. The number of hydrogen-bond donors (Lipinski definition) is 0. The van der Waals surface area contributed by atoms with Crippen molar-refractivity contribution < 1.29 is 4.79 Å². The van der Waals surface area contributed by atoms with Crippen molar-refractivity contribution >= 4 is 30.1 Å². The Morgan fingerprint density at radius 2 is 2.00 bits per heavy atom. The fourth-order valence-electron chi connectivity index (χ4n) is 0.939. The largest absolute Gasteiger partial charge is 0.293 e. The van der Waals surface area contributed by atoms with E-state index < -0.39 is 0 Å². The molecule has 0 saturated carbocycles. The number of carbonyl (C=O) groups excluding carboxylic acids is 1. The minimum Gasteiger partial charge on any atom is -0.293 e. The summed E-state index contributed by atoms with van der Waals surface area (Å²) in [4.78, 5) is 11.1. The fraction of sp³-hybridized carbons (Fsp3) is 0.222. The molecule has 0 aliphatic rings. The van der Waals surface area contributed by atoms with Gasteiger partial charge in [0.25, 0.3) is 0 Å². The molecule has 0 aromatic heterocycles. The zero-order valence-corrected chi connectivity index (χ0v) is 7.64. The van der Waals surface area contributed by atoms with Crippen LogP contribution in [0.3, 0.4) is 0 Å². The Balaban J connectivity index is 2.84. The van der Waals surface area contributed by atoms with Crippen LogP contribution in [-0.4, -0.2) is 18.9 Å². The molecule has 0 saturated heterocycles. The van der Waals surface area contributed by atoms with Gasteiger partial charge in [-0.3, -0.25) is 4.79 Å². The first-order valence-electron chi connectivity index (χ1n) is 3.76. The van der Waals surface area contributed by atoms with Gasteiger partial charge in [0.2, 0.25) is 0 Å². The van der Waals surface area contributed by atoms with Gasteiger partial charge in [0.1, 0.15) is 7.28 Å². The SMILES string of the molecule is C[B]c1ccc(C(=O)CCl)cc1.